The molecule has 1 saturated heterocycles. The second-order valence-corrected chi connectivity index (χ2v) is 7.87. The van der Waals surface area contributed by atoms with Crippen molar-refractivity contribution in [2.24, 2.45) is 0 Å². The number of aromatic carboxylic acids is 1. The van der Waals surface area contributed by atoms with Crippen molar-refractivity contribution < 1.29 is 19.1 Å². The number of piperazine rings is 1. The Balaban J connectivity index is 1.77. The number of amides is 1. The highest BCUT2D eigenvalue weighted by molar-refractivity contribution is 5.93. The molecule has 0 radical (unpaired) electrons. The van der Waals surface area contributed by atoms with Crippen LogP contribution in [0.5, 0.6) is 0 Å². The number of carboxylic acids is 1. The number of aromatic nitrogens is 1. The van der Waals surface area contributed by atoms with Gasteiger partial charge >= 0.3 is 5.97 Å². The summed E-state index contributed by atoms with van der Waals surface area (Å²) in [5, 5.41) is 9.44. The Morgan fingerprint density at radius 1 is 1.24 bits per heavy atom. The standard InChI is InChI=1S/C21H24FN3O4/c1-3-19(26)24-7-6-23(10-12(24)2)18-9-17-14(8-16(18)22)20(27)15(21(28)29)11-25(17)13-4-5-13/h8-9,11-13H,3-7,10H2,1-2H3,(H,28,29). The number of anilines is 1. The van der Waals surface area contributed by atoms with Gasteiger partial charge in [-0.1, -0.05) is 6.92 Å². The number of carbonyl (C=O) groups excluding carboxylic acids is 1. The van der Waals surface area contributed by atoms with E-state index in [0.29, 0.717) is 37.3 Å². The highest BCUT2D eigenvalue weighted by atomic mass is 19.1. The number of carbonyl (C=O) groups is 2. The van der Waals surface area contributed by atoms with Gasteiger partial charge < -0.3 is 19.5 Å². The van der Waals surface area contributed by atoms with E-state index in [1.807, 2.05) is 23.6 Å². The number of nitrogens with zero attached hydrogens (tertiary/aromatic N) is 3. The van der Waals surface area contributed by atoms with E-state index in [-0.39, 0.29) is 28.9 Å². The Bertz CT molecular complexity index is 1060. The summed E-state index contributed by atoms with van der Waals surface area (Å²) in [6.45, 7) is 5.28. The molecule has 4 rings (SSSR count). The number of halogens is 1. The van der Waals surface area contributed by atoms with Crippen molar-refractivity contribution in [2.75, 3.05) is 24.5 Å². The SMILES string of the molecule is CCC(=O)N1CCN(c2cc3c(cc2F)c(=O)c(C(=O)O)cn3C2CC2)CC1C. The van der Waals surface area contributed by atoms with E-state index < -0.39 is 17.2 Å². The molecule has 1 N–H and O–H groups in total. The molecule has 1 aromatic carbocycles. The Kier molecular flexibility index (Phi) is 4.80. The van der Waals surface area contributed by atoms with Crippen molar-refractivity contribution in [1.82, 2.24) is 9.47 Å². The van der Waals surface area contributed by atoms with Crippen LogP contribution in [-0.2, 0) is 4.79 Å². The van der Waals surface area contributed by atoms with E-state index in [1.165, 1.54) is 6.20 Å². The van der Waals surface area contributed by atoms with Crippen LogP contribution < -0.4 is 10.3 Å². The molecule has 1 atom stereocenters. The molecule has 1 amide bonds. The maximum absolute atomic E-state index is 15.0. The van der Waals surface area contributed by atoms with Gasteiger partial charge in [0, 0.05) is 49.7 Å². The largest absolute Gasteiger partial charge is 0.477 e. The van der Waals surface area contributed by atoms with Crippen LogP contribution in [0.2, 0.25) is 0 Å². The molecule has 1 aliphatic carbocycles. The summed E-state index contributed by atoms with van der Waals surface area (Å²) < 4.78 is 16.8. The highest BCUT2D eigenvalue weighted by Crippen LogP contribution is 2.38. The van der Waals surface area contributed by atoms with Gasteiger partial charge in [0.25, 0.3) is 0 Å². The van der Waals surface area contributed by atoms with Gasteiger partial charge in [-0.3, -0.25) is 9.59 Å². The minimum atomic E-state index is -1.30. The predicted molar refractivity (Wildman–Crippen MR) is 107 cm³/mol. The third kappa shape index (κ3) is 3.36. The van der Waals surface area contributed by atoms with Gasteiger partial charge in [0.2, 0.25) is 11.3 Å². The fraction of sp³-hybridized carbons (Fsp3) is 0.476. The smallest absolute Gasteiger partial charge is 0.341 e. The fourth-order valence-electron chi connectivity index (χ4n) is 4.16. The van der Waals surface area contributed by atoms with Gasteiger partial charge in [-0.2, -0.15) is 0 Å². The average Bonchev–Trinajstić information content (AvgIpc) is 3.52. The van der Waals surface area contributed by atoms with Gasteiger partial charge in [0.05, 0.1) is 11.2 Å². The van der Waals surface area contributed by atoms with Gasteiger partial charge in [-0.15, -0.1) is 0 Å². The van der Waals surface area contributed by atoms with Crippen molar-refractivity contribution in [3.63, 3.8) is 0 Å². The first-order valence-electron chi connectivity index (χ1n) is 9.98. The molecule has 0 spiro atoms. The molecule has 1 unspecified atom stereocenters. The van der Waals surface area contributed by atoms with Gasteiger partial charge in [0.1, 0.15) is 11.4 Å². The topological polar surface area (TPSA) is 82.8 Å². The number of fused-ring (bicyclic) bond motifs is 1. The number of carboxylic acid groups (broad SMARTS) is 1. The van der Waals surface area contributed by atoms with Crippen LogP contribution in [0.3, 0.4) is 0 Å². The highest BCUT2D eigenvalue weighted by Gasteiger charge is 2.30. The van der Waals surface area contributed by atoms with Crippen molar-refractivity contribution in [2.45, 2.75) is 45.2 Å². The summed E-state index contributed by atoms with van der Waals surface area (Å²) in [6.07, 6.45) is 3.62. The van der Waals surface area contributed by atoms with E-state index in [2.05, 4.69) is 0 Å². The van der Waals surface area contributed by atoms with E-state index >= 15 is 0 Å². The number of hydrogen-bond acceptors (Lipinski definition) is 4. The fourth-order valence-corrected chi connectivity index (χ4v) is 4.16. The molecular weight excluding hydrogens is 377 g/mol. The molecule has 154 valence electrons. The summed E-state index contributed by atoms with van der Waals surface area (Å²) >= 11 is 0. The average molecular weight is 401 g/mol. The molecule has 29 heavy (non-hydrogen) atoms. The molecule has 8 heteroatoms. The molecule has 1 aliphatic heterocycles. The number of rotatable bonds is 4. The number of hydrogen-bond donors (Lipinski definition) is 1. The quantitative estimate of drug-likeness (QED) is 0.852. The maximum atomic E-state index is 15.0. The van der Waals surface area contributed by atoms with Crippen LogP contribution in [0.1, 0.15) is 49.5 Å². The Labute approximate surface area is 167 Å². The first-order chi connectivity index (χ1) is 13.8. The van der Waals surface area contributed by atoms with Crippen LogP contribution >= 0.6 is 0 Å². The number of pyridine rings is 1. The molecule has 0 bridgehead atoms. The zero-order valence-corrected chi connectivity index (χ0v) is 16.5. The van der Waals surface area contributed by atoms with Gasteiger partial charge in [0.15, 0.2) is 0 Å². The Morgan fingerprint density at radius 3 is 2.55 bits per heavy atom. The number of benzene rings is 1. The van der Waals surface area contributed by atoms with E-state index in [1.54, 1.807) is 10.6 Å². The monoisotopic (exact) mass is 401 g/mol. The van der Waals surface area contributed by atoms with Crippen LogP contribution in [0.15, 0.2) is 23.1 Å². The van der Waals surface area contributed by atoms with Crippen LogP contribution in [0, 0.1) is 5.82 Å². The lowest BCUT2D eigenvalue weighted by molar-refractivity contribution is -0.133. The molecule has 7 nitrogen and oxygen atoms in total. The summed E-state index contributed by atoms with van der Waals surface area (Å²) in [4.78, 5) is 39.8. The summed E-state index contributed by atoms with van der Waals surface area (Å²) in [5.74, 6) is -1.77. The second-order valence-electron chi connectivity index (χ2n) is 7.87. The summed E-state index contributed by atoms with van der Waals surface area (Å²) in [7, 11) is 0. The first kappa shape index (κ1) is 19.4. The van der Waals surface area contributed by atoms with Crippen LogP contribution in [-0.4, -0.2) is 52.1 Å². The molecule has 2 aromatic rings. The zero-order chi connectivity index (χ0) is 20.9. The molecule has 1 aromatic heterocycles. The zero-order valence-electron chi connectivity index (χ0n) is 16.5. The predicted octanol–water partition coefficient (Wildman–Crippen LogP) is 2.62. The lowest BCUT2D eigenvalue weighted by atomic mass is 10.1. The van der Waals surface area contributed by atoms with Crippen LogP contribution in [0.4, 0.5) is 10.1 Å². The van der Waals surface area contributed by atoms with E-state index in [9.17, 15) is 23.9 Å². The third-order valence-electron chi connectivity index (χ3n) is 5.86. The lowest BCUT2D eigenvalue weighted by Crippen LogP contribution is -2.54. The lowest BCUT2D eigenvalue weighted by Gasteiger charge is -2.41. The second kappa shape index (κ2) is 7.17. The molecule has 1 saturated carbocycles. The summed E-state index contributed by atoms with van der Waals surface area (Å²) in [6, 6.07) is 2.89. The van der Waals surface area contributed by atoms with Gasteiger partial charge in [-0.25, -0.2) is 9.18 Å². The molecule has 2 heterocycles. The molecular formula is C21H24FN3O4. The molecule has 2 fully saturated rings. The van der Waals surface area contributed by atoms with Crippen molar-refractivity contribution in [3.05, 3.63) is 39.9 Å². The minimum absolute atomic E-state index is 0.0497. The maximum Gasteiger partial charge on any atom is 0.341 e. The van der Waals surface area contributed by atoms with E-state index in [0.717, 1.165) is 18.9 Å². The normalized spacial score (nSPS) is 19.6. The Hall–Kier alpha value is -2.90. The van der Waals surface area contributed by atoms with Crippen molar-refractivity contribution in [1.29, 1.82) is 0 Å². The Morgan fingerprint density at radius 2 is 1.97 bits per heavy atom. The first-order valence-corrected chi connectivity index (χ1v) is 9.98. The van der Waals surface area contributed by atoms with Crippen LogP contribution in [0.25, 0.3) is 10.9 Å². The van der Waals surface area contributed by atoms with Crippen molar-refractivity contribution >= 4 is 28.5 Å². The third-order valence-corrected chi connectivity index (χ3v) is 5.86. The molecule has 2 aliphatic rings. The van der Waals surface area contributed by atoms with E-state index in [4.69, 9.17) is 0 Å². The minimum Gasteiger partial charge on any atom is -0.477 e. The summed E-state index contributed by atoms with van der Waals surface area (Å²) in [5.41, 5.74) is -0.0677. The van der Waals surface area contributed by atoms with Gasteiger partial charge in [-0.05, 0) is 31.9 Å². The van der Waals surface area contributed by atoms with Crippen molar-refractivity contribution in [3.8, 4) is 0 Å².